The van der Waals surface area contributed by atoms with Crippen LogP contribution in [0.5, 0.6) is 0 Å². The van der Waals surface area contributed by atoms with Gasteiger partial charge in [0.2, 0.25) is 0 Å². The molecule has 0 aromatic carbocycles. The van der Waals surface area contributed by atoms with Crippen LogP contribution in [-0.2, 0) is 19.3 Å². The summed E-state index contributed by atoms with van der Waals surface area (Å²) in [7, 11) is 0. The molecule has 3 saturated carbocycles. The van der Waals surface area contributed by atoms with Gasteiger partial charge in [-0.05, 0) is 56.1 Å². The quantitative estimate of drug-likeness (QED) is 0.671. The SMILES string of the molecule is CCCCN1OC2CC3C4CCC5=CC(=O)C=C[C@]5(C)C4[C@@H](O)C[C@]3(C)C2(C(=O)CO)O1. The van der Waals surface area contributed by atoms with Crippen LogP contribution < -0.4 is 0 Å². The van der Waals surface area contributed by atoms with Crippen molar-refractivity contribution in [1.29, 1.82) is 0 Å². The lowest BCUT2D eigenvalue weighted by Crippen LogP contribution is -2.63. The summed E-state index contributed by atoms with van der Waals surface area (Å²) in [6.07, 6.45) is 8.83. The highest BCUT2D eigenvalue weighted by Crippen LogP contribution is 2.69. The molecule has 8 atom stereocenters. The summed E-state index contributed by atoms with van der Waals surface area (Å²) in [6.45, 7) is 6.22. The molecular weight excluding hydrogens is 410 g/mol. The standard InChI is InChI=1S/C25H35NO6/c1-4-5-10-26-31-21-12-18-17-7-6-15-11-16(28)8-9-23(15,2)22(17)19(29)13-24(18,3)25(21,32-26)20(30)14-27/h8-9,11,17-19,21-22,27,29H,4-7,10,12-14H2,1-3H3/t17?,18?,19-,21?,22?,23-,24-,25?/m0/s1. The minimum atomic E-state index is -1.28. The number of carbonyl (C=O) groups excluding carboxylic acids is 2. The van der Waals surface area contributed by atoms with E-state index in [1.54, 1.807) is 12.2 Å². The molecule has 0 bridgehead atoms. The Balaban J connectivity index is 1.53. The Morgan fingerprint density at radius 2 is 2.12 bits per heavy atom. The molecule has 32 heavy (non-hydrogen) atoms. The maximum atomic E-state index is 13.3. The van der Waals surface area contributed by atoms with Gasteiger partial charge >= 0.3 is 0 Å². The lowest BCUT2D eigenvalue weighted by Gasteiger charge is -2.59. The lowest BCUT2D eigenvalue weighted by atomic mass is 9.46. The third-order valence-corrected chi connectivity index (χ3v) is 9.40. The first-order chi connectivity index (χ1) is 15.2. The summed E-state index contributed by atoms with van der Waals surface area (Å²) in [5, 5.41) is 22.9. The fourth-order valence-corrected chi connectivity index (χ4v) is 7.96. The predicted octanol–water partition coefficient (Wildman–Crippen LogP) is 2.52. The second kappa shape index (κ2) is 7.57. The number of aliphatic hydroxyl groups is 2. The van der Waals surface area contributed by atoms with Gasteiger partial charge in [-0.1, -0.05) is 44.1 Å². The van der Waals surface area contributed by atoms with E-state index in [1.807, 2.05) is 13.0 Å². The number of hydrogen-bond donors (Lipinski definition) is 2. The summed E-state index contributed by atoms with van der Waals surface area (Å²) in [5.74, 6) is -0.0739. The van der Waals surface area contributed by atoms with E-state index in [0.717, 1.165) is 31.3 Å². The van der Waals surface area contributed by atoms with Crippen LogP contribution in [0.15, 0.2) is 23.8 Å². The molecular formula is C25H35NO6. The van der Waals surface area contributed by atoms with Crippen molar-refractivity contribution in [2.24, 2.45) is 28.6 Å². The van der Waals surface area contributed by atoms with Gasteiger partial charge in [-0.3, -0.25) is 19.3 Å². The Bertz CT molecular complexity index is 884. The van der Waals surface area contributed by atoms with E-state index in [9.17, 15) is 19.8 Å². The molecule has 4 aliphatic carbocycles. The van der Waals surface area contributed by atoms with Gasteiger partial charge in [0.25, 0.3) is 0 Å². The number of nitrogens with zero attached hydrogens (tertiary/aromatic N) is 1. The highest BCUT2D eigenvalue weighted by Gasteiger charge is 2.76. The van der Waals surface area contributed by atoms with Crippen molar-refractivity contribution in [3.63, 3.8) is 0 Å². The van der Waals surface area contributed by atoms with Crippen LogP contribution in [0.1, 0.15) is 59.3 Å². The number of rotatable bonds is 5. The van der Waals surface area contributed by atoms with E-state index >= 15 is 0 Å². The number of hydrogen-bond acceptors (Lipinski definition) is 7. The molecule has 1 saturated heterocycles. The molecule has 4 fully saturated rings. The maximum absolute atomic E-state index is 13.3. The number of allylic oxidation sites excluding steroid dienone is 4. The van der Waals surface area contributed by atoms with Gasteiger partial charge in [-0.25, -0.2) is 0 Å². The molecule has 7 nitrogen and oxygen atoms in total. The molecule has 0 aromatic heterocycles. The van der Waals surface area contributed by atoms with Crippen molar-refractivity contribution in [2.75, 3.05) is 13.2 Å². The van der Waals surface area contributed by atoms with Crippen molar-refractivity contribution in [1.82, 2.24) is 5.23 Å². The van der Waals surface area contributed by atoms with E-state index in [1.165, 1.54) is 5.23 Å². The molecule has 7 heteroatoms. The number of hydroxylamine groups is 2. The third-order valence-electron chi connectivity index (χ3n) is 9.40. The Hall–Kier alpha value is -1.38. The first kappa shape index (κ1) is 22.4. The van der Waals surface area contributed by atoms with Gasteiger partial charge in [0.15, 0.2) is 17.2 Å². The third kappa shape index (κ3) is 2.78. The van der Waals surface area contributed by atoms with Crippen molar-refractivity contribution in [3.05, 3.63) is 23.8 Å². The van der Waals surface area contributed by atoms with Gasteiger partial charge in [0, 0.05) is 16.7 Å². The number of Topliss-reactive ketones (excluding diaryl/α,β-unsaturated/α-hetero) is 1. The smallest absolute Gasteiger partial charge is 0.195 e. The molecule has 176 valence electrons. The summed E-state index contributed by atoms with van der Waals surface area (Å²) in [5.41, 5.74) is -1.18. The van der Waals surface area contributed by atoms with Crippen molar-refractivity contribution < 1.29 is 29.5 Å². The van der Waals surface area contributed by atoms with Gasteiger partial charge in [-0.2, -0.15) is 0 Å². The van der Waals surface area contributed by atoms with Gasteiger partial charge < -0.3 is 10.2 Å². The molecule has 0 aromatic rings. The zero-order valence-electron chi connectivity index (χ0n) is 19.3. The minimum absolute atomic E-state index is 0.0166. The van der Waals surface area contributed by atoms with E-state index in [2.05, 4.69) is 13.8 Å². The van der Waals surface area contributed by atoms with Crippen LogP contribution in [0, 0.1) is 28.6 Å². The predicted molar refractivity (Wildman–Crippen MR) is 116 cm³/mol. The first-order valence-corrected chi connectivity index (χ1v) is 12.1. The maximum Gasteiger partial charge on any atom is 0.195 e. The average molecular weight is 446 g/mol. The number of unbranched alkanes of at least 4 members (excludes halogenated alkanes) is 1. The summed E-state index contributed by atoms with van der Waals surface area (Å²) in [6, 6.07) is 0. The summed E-state index contributed by atoms with van der Waals surface area (Å²) >= 11 is 0. The molecule has 0 amide bonds. The highest BCUT2D eigenvalue weighted by molar-refractivity contribution is 6.01. The molecule has 0 radical (unpaired) electrons. The Kier molecular flexibility index (Phi) is 5.30. The highest BCUT2D eigenvalue weighted by atomic mass is 17.0. The van der Waals surface area contributed by atoms with Gasteiger partial charge in [0.05, 0.1) is 12.6 Å². The lowest BCUT2D eigenvalue weighted by molar-refractivity contribution is -0.343. The number of fused-ring (bicyclic) bond motifs is 7. The Labute approximate surface area is 189 Å². The van der Waals surface area contributed by atoms with Crippen LogP contribution in [0.3, 0.4) is 0 Å². The average Bonchev–Trinajstić information content (AvgIpc) is 3.24. The molecule has 2 N–H and O–H groups in total. The van der Waals surface area contributed by atoms with E-state index in [0.29, 0.717) is 19.4 Å². The van der Waals surface area contributed by atoms with Crippen molar-refractivity contribution in [2.45, 2.75) is 77.1 Å². The second-order valence-corrected chi connectivity index (χ2v) is 10.9. The Morgan fingerprint density at radius 1 is 1.34 bits per heavy atom. The second-order valence-electron chi connectivity index (χ2n) is 10.9. The van der Waals surface area contributed by atoms with Crippen LogP contribution in [0.2, 0.25) is 0 Å². The van der Waals surface area contributed by atoms with Crippen LogP contribution >= 0.6 is 0 Å². The van der Waals surface area contributed by atoms with Gasteiger partial charge in [-0.15, -0.1) is 0 Å². The first-order valence-electron chi connectivity index (χ1n) is 12.1. The van der Waals surface area contributed by atoms with E-state index in [4.69, 9.17) is 9.68 Å². The topological polar surface area (TPSA) is 96.3 Å². The van der Waals surface area contributed by atoms with Crippen molar-refractivity contribution in [3.8, 4) is 0 Å². The molecule has 5 aliphatic rings. The van der Waals surface area contributed by atoms with E-state index in [-0.39, 0.29) is 34.7 Å². The monoisotopic (exact) mass is 445 g/mol. The fraction of sp³-hybridized carbons (Fsp3) is 0.760. The number of carbonyl (C=O) groups is 2. The normalized spacial score (nSPS) is 47.5. The molecule has 1 aliphatic heterocycles. The zero-order valence-corrected chi connectivity index (χ0v) is 19.3. The summed E-state index contributed by atoms with van der Waals surface area (Å²) in [4.78, 5) is 37.7. The van der Waals surface area contributed by atoms with Crippen LogP contribution in [-0.4, -0.2) is 58.0 Å². The number of ketones is 2. The van der Waals surface area contributed by atoms with Crippen LogP contribution in [0.25, 0.3) is 0 Å². The molecule has 0 spiro atoms. The summed E-state index contributed by atoms with van der Waals surface area (Å²) < 4.78 is 0. The van der Waals surface area contributed by atoms with Crippen LogP contribution in [0.4, 0.5) is 0 Å². The minimum Gasteiger partial charge on any atom is -0.393 e. The molecule has 5 unspecified atom stereocenters. The zero-order chi connectivity index (χ0) is 22.9. The molecule has 1 heterocycles. The van der Waals surface area contributed by atoms with E-state index < -0.39 is 29.8 Å². The largest absolute Gasteiger partial charge is 0.393 e. The Morgan fingerprint density at radius 3 is 2.84 bits per heavy atom. The van der Waals surface area contributed by atoms with Crippen molar-refractivity contribution >= 4 is 11.6 Å². The fourth-order valence-electron chi connectivity index (χ4n) is 7.96. The molecule has 5 rings (SSSR count). The number of aliphatic hydroxyl groups excluding tert-OH is 2. The van der Waals surface area contributed by atoms with Gasteiger partial charge in [0.1, 0.15) is 12.7 Å².